The SMILES string of the molecule is N#CCOc1ccccc1NC(=O)C1CCCO1. The highest BCUT2D eigenvalue weighted by Crippen LogP contribution is 2.24. The Kier molecular flexibility index (Phi) is 4.15. The highest BCUT2D eigenvalue weighted by Gasteiger charge is 2.24. The van der Waals surface area contributed by atoms with Crippen LogP contribution in [0.1, 0.15) is 12.8 Å². The molecule has 1 heterocycles. The average molecular weight is 246 g/mol. The van der Waals surface area contributed by atoms with Crippen LogP contribution in [0, 0.1) is 11.3 Å². The number of nitriles is 1. The topological polar surface area (TPSA) is 71.3 Å². The molecule has 1 aliphatic rings. The van der Waals surface area contributed by atoms with Crippen molar-refractivity contribution in [3.05, 3.63) is 24.3 Å². The first-order valence-corrected chi connectivity index (χ1v) is 5.82. The number of ether oxygens (including phenoxy) is 2. The molecule has 94 valence electrons. The zero-order valence-corrected chi connectivity index (χ0v) is 9.89. The maximum absolute atomic E-state index is 11.9. The van der Waals surface area contributed by atoms with Crippen molar-refractivity contribution in [1.29, 1.82) is 5.26 Å². The maximum atomic E-state index is 11.9. The highest BCUT2D eigenvalue weighted by molar-refractivity contribution is 5.95. The van der Waals surface area contributed by atoms with Gasteiger partial charge in [-0.15, -0.1) is 0 Å². The lowest BCUT2D eigenvalue weighted by Gasteiger charge is -2.13. The molecule has 0 aliphatic carbocycles. The first kappa shape index (κ1) is 12.4. The van der Waals surface area contributed by atoms with Crippen LogP contribution in [-0.4, -0.2) is 25.2 Å². The fourth-order valence-electron chi connectivity index (χ4n) is 1.80. The molecule has 1 fully saturated rings. The van der Waals surface area contributed by atoms with Crippen LogP contribution in [0.2, 0.25) is 0 Å². The number of nitrogens with one attached hydrogen (secondary N) is 1. The Morgan fingerprint density at radius 3 is 3.11 bits per heavy atom. The molecule has 0 spiro atoms. The Morgan fingerprint density at radius 2 is 2.39 bits per heavy atom. The Bertz CT molecular complexity index is 462. The summed E-state index contributed by atoms with van der Waals surface area (Å²) in [6.45, 7) is 0.581. The van der Waals surface area contributed by atoms with E-state index in [0.29, 0.717) is 18.0 Å². The third kappa shape index (κ3) is 2.99. The molecule has 5 heteroatoms. The zero-order chi connectivity index (χ0) is 12.8. The molecule has 0 aromatic heterocycles. The van der Waals surface area contributed by atoms with E-state index >= 15 is 0 Å². The second kappa shape index (κ2) is 6.03. The number of carbonyl (C=O) groups excluding carboxylic acids is 1. The van der Waals surface area contributed by atoms with E-state index in [2.05, 4.69) is 5.32 Å². The van der Waals surface area contributed by atoms with Gasteiger partial charge in [0.1, 0.15) is 17.9 Å². The molecule has 1 saturated heterocycles. The number of hydrogen-bond donors (Lipinski definition) is 1. The molecule has 0 saturated carbocycles. The summed E-state index contributed by atoms with van der Waals surface area (Å²) < 4.78 is 10.5. The molecule has 1 N–H and O–H groups in total. The van der Waals surface area contributed by atoms with Gasteiger partial charge in [-0.3, -0.25) is 4.79 Å². The molecule has 0 radical (unpaired) electrons. The van der Waals surface area contributed by atoms with Crippen molar-refractivity contribution in [1.82, 2.24) is 0 Å². The molecule has 1 amide bonds. The summed E-state index contributed by atoms with van der Waals surface area (Å²) in [4.78, 5) is 11.9. The number of nitrogens with zero attached hydrogens (tertiary/aromatic N) is 1. The standard InChI is InChI=1S/C13H14N2O3/c14-7-9-18-11-5-2-1-4-10(11)15-13(16)12-6-3-8-17-12/h1-2,4-5,12H,3,6,8-9H2,(H,15,16). The zero-order valence-electron chi connectivity index (χ0n) is 9.89. The first-order chi connectivity index (χ1) is 8.81. The van der Waals surface area contributed by atoms with E-state index in [9.17, 15) is 4.79 Å². The Balaban J connectivity index is 2.03. The van der Waals surface area contributed by atoms with Crippen molar-refractivity contribution < 1.29 is 14.3 Å². The lowest BCUT2D eigenvalue weighted by Crippen LogP contribution is -2.27. The van der Waals surface area contributed by atoms with Crippen molar-refractivity contribution in [2.45, 2.75) is 18.9 Å². The van der Waals surface area contributed by atoms with Crippen LogP contribution in [0.15, 0.2) is 24.3 Å². The number of benzene rings is 1. The van der Waals surface area contributed by atoms with E-state index in [1.54, 1.807) is 24.3 Å². The Morgan fingerprint density at radius 1 is 1.56 bits per heavy atom. The molecular weight excluding hydrogens is 232 g/mol. The Hall–Kier alpha value is -2.06. The number of amides is 1. The van der Waals surface area contributed by atoms with Crippen LogP contribution in [-0.2, 0) is 9.53 Å². The van der Waals surface area contributed by atoms with Gasteiger partial charge < -0.3 is 14.8 Å². The van der Waals surface area contributed by atoms with Crippen LogP contribution in [0.3, 0.4) is 0 Å². The van der Waals surface area contributed by atoms with Crippen molar-refractivity contribution in [2.75, 3.05) is 18.5 Å². The number of rotatable bonds is 4. The summed E-state index contributed by atoms with van der Waals surface area (Å²) >= 11 is 0. The molecule has 0 bridgehead atoms. The van der Waals surface area contributed by atoms with Gasteiger partial charge in [0.05, 0.1) is 5.69 Å². The van der Waals surface area contributed by atoms with Crippen LogP contribution in [0.5, 0.6) is 5.75 Å². The number of hydrogen-bond acceptors (Lipinski definition) is 4. The maximum Gasteiger partial charge on any atom is 0.253 e. The van der Waals surface area contributed by atoms with Crippen molar-refractivity contribution >= 4 is 11.6 Å². The summed E-state index contributed by atoms with van der Waals surface area (Å²) in [7, 11) is 0. The van der Waals surface area contributed by atoms with E-state index < -0.39 is 0 Å². The molecule has 1 unspecified atom stereocenters. The number of para-hydroxylation sites is 2. The Labute approximate surface area is 105 Å². The fraction of sp³-hybridized carbons (Fsp3) is 0.385. The molecule has 5 nitrogen and oxygen atoms in total. The van der Waals surface area contributed by atoms with Crippen LogP contribution in [0.25, 0.3) is 0 Å². The van der Waals surface area contributed by atoms with Crippen molar-refractivity contribution in [3.8, 4) is 11.8 Å². The lowest BCUT2D eigenvalue weighted by atomic mass is 10.2. The number of carbonyl (C=O) groups is 1. The van der Waals surface area contributed by atoms with E-state index in [1.807, 2.05) is 6.07 Å². The van der Waals surface area contributed by atoms with Crippen molar-refractivity contribution in [3.63, 3.8) is 0 Å². The minimum absolute atomic E-state index is 0.0488. The van der Waals surface area contributed by atoms with Gasteiger partial charge in [0, 0.05) is 6.61 Å². The van der Waals surface area contributed by atoms with E-state index in [4.69, 9.17) is 14.7 Å². The molecular formula is C13H14N2O3. The van der Waals surface area contributed by atoms with Gasteiger partial charge in [0.15, 0.2) is 6.61 Å². The van der Waals surface area contributed by atoms with E-state index in [-0.39, 0.29) is 18.6 Å². The van der Waals surface area contributed by atoms with Crippen LogP contribution < -0.4 is 10.1 Å². The molecule has 1 aromatic rings. The molecule has 18 heavy (non-hydrogen) atoms. The van der Waals surface area contributed by atoms with Crippen LogP contribution in [0.4, 0.5) is 5.69 Å². The second-order valence-corrected chi connectivity index (χ2v) is 3.93. The third-order valence-corrected chi connectivity index (χ3v) is 2.66. The number of anilines is 1. The highest BCUT2D eigenvalue weighted by atomic mass is 16.5. The predicted molar refractivity (Wildman–Crippen MR) is 65.2 cm³/mol. The molecule has 2 rings (SSSR count). The van der Waals surface area contributed by atoms with Crippen LogP contribution >= 0.6 is 0 Å². The van der Waals surface area contributed by atoms with Gasteiger partial charge in [-0.2, -0.15) is 5.26 Å². The van der Waals surface area contributed by atoms with Gasteiger partial charge >= 0.3 is 0 Å². The summed E-state index contributed by atoms with van der Waals surface area (Å²) in [5, 5.41) is 11.3. The average Bonchev–Trinajstić information content (AvgIpc) is 2.91. The molecule has 1 aliphatic heterocycles. The van der Waals surface area contributed by atoms with Gasteiger partial charge in [0.2, 0.25) is 0 Å². The van der Waals surface area contributed by atoms with Gasteiger partial charge in [-0.05, 0) is 25.0 Å². The summed E-state index contributed by atoms with van der Waals surface area (Å²) in [5.74, 6) is 0.325. The third-order valence-electron chi connectivity index (χ3n) is 2.66. The monoisotopic (exact) mass is 246 g/mol. The largest absolute Gasteiger partial charge is 0.477 e. The smallest absolute Gasteiger partial charge is 0.253 e. The summed E-state index contributed by atoms with van der Waals surface area (Å²) in [5.41, 5.74) is 0.563. The predicted octanol–water partition coefficient (Wildman–Crippen LogP) is 1.71. The molecule has 1 aromatic carbocycles. The van der Waals surface area contributed by atoms with Gasteiger partial charge in [-0.25, -0.2) is 0 Å². The normalized spacial score (nSPS) is 18.1. The first-order valence-electron chi connectivity index (χ1n) is 5.82. The quantitative estimate of drug-likeness (QED) is 0.877. The van der Waals surface area contributed by atoms with E-state index in [1.165, 1.54) is 0 Å². The van der Waals surface area contributed by atoms with Crippen molar-refractivity contribution in [2.24, 2.45) is 0 Å². The molecule has 1 atom stereocenters. The summed E-state index contributed by atoms with van der Waals surface area (Å²) in [6, 6.07) is 8.92. The lowest BCUT2D eigenvalue weighted by molar-refractivity contribution is -0.124. The fourth-order valence-corrected chi connectivity index (χ4v) is 1.80. The minimum atomic E-state index is -0.381. The second-order valence-electron chi connectivity index (χ2n) is 3.93. The van der Waals surface area contributed by atoms with E-state index in [0.717, 1.165) is 12.8 Å². The van der Waals surface area contributed by atoms with Gasteiger partial charge in [-0.1, -0.05) is 12.1 Å². The minimum Gasteiger partial charge on any atom is -0.477 e. The van der Waals surface area contributed by atoms with Gasteiger partial charge in [0.25, 0.3) is 5.91 Å². The summed E-state index contributed by atoms with van der Waals surface area (Å²) in [6.07, 6.45) is 1.27.